The van der Waals surface area contributed by atoms with Gasteiger partial charge in [0, 0.05) is 23.1 Å². The molecule has 0 saturated heterocycles. The Labute approximate surface area is 189 Å². The molecule has 0 bridgehead atoms. The van der Waals surface area contributed by atoms with Crippen molar-refractivity contribution in [3.05, 3.63) is 84.4 Å². The molecule has 3 heterocycles. The second kappa shape index (κ2) is 8.76. The van der Waals surface area contributed by atoms with Gasteiger partial charge in [0.25, 0.3) is 11.1 Å². The van der Waals surface area contributed by atoms with Gasteiger partial charge in [0.05, 0.1) is 30.3 Å². The van der Waals surface area contributed by atoms with E-state index in [9.17, 15) is 0 Å². The van der Waals surface area contributed by atoms with Gasteiger partial charge in [-0.3, -0.25) is 0 Å². The number of furan rings is 1. The molecular weight excluding hydrogens is 424 g/mol. The van der Waals surface area contributed by atoms with E-state index in [1.807, 2.05) is 78.5 Å². The minimum atomic E-state index is 0.453. The van der Waals surface area contributed by atoms with Gasteiger partial charge in [0.1, 0.15) is 11.5 Å². The third kappa shape index (κ3) is 4.04. The SMILES string of the molecule is COc1ccc(-c2nn(-c3ccccc3)cc2CSc2nnc(-c3ccoc3C)o2)cc1. The smallest absolute Gasteiger partial charge is 0.277 e. The quantitative estimate of drug-likeness (QED) is 0.294. The van der Waals surface area contributed by atoms with Gasteiger partial charge in [0.15, 0.2) is 0 Å². The Morgan fingerprint density at radius 1 is 1.00 bits per heavy atom. The van der Waals surface area contributed by atoms with E-state index in [-0.39, 0.29) is 0 Å². The highest BCUT2D eigenvalue weighted by molar-refractivity contribution is 7.98. The summed E-state index contributed by atoms with van der Waals surface area (Å²) < 4.78 is 18.3. The van der Waals surface area contributed by atoms with E-state index in [2.05, 4.69) is 10.2 Å². The maximum atomic E-state index is 5.83. The number of aryl methyl sites for hydroxylation is 1. The Morgan fingerprint density at radius 3 is 2.53 bits per heavy atom. The van der Waals surface area contributed by atoms with Crippen LogP contribution in [0.25, 0.3) is 28.4 Å². The molecule has 0 amide bonds. The molecule has 0 fully saturated rings. The normalized spacial score (nSPS) is 11.1. The molecule has 0 aliphatic rings. The summed E-state index contributed by atoms with van der Waals surface area (Å²) in [6.07, 6.45) is 3.65. The van der Waals surface area contributed by atoms with Crippen LogP contribution in [0.4, 0.5) is 0 Å². The highest BCUT2D eigenvalue weighted by atomic mass is 32.2. The van der Waals surface area contributed by atoms with Gasteiger partial charge in [-0.1, -0.05) is 30.0 Å². The van der Waals surface area contributed by atoms with Crippen LogP contribution in [0.1, 0.15) is 11.3 Å². The number of ether oxygens (including phenoxy) is 1. The standard InChI is InChI=1S/C24H20N4O3S/c1-16-21(12-13-30-16)23-25-26-24(31-23)32-15-18-14-28(19-6-4-3-5-7-19)27-22(18)17-8-10-20(29-2)11-9-17/h3-14H,15H2,1-2H3. The van der Waals surface area contributed by atoms with Crippen molar-refractivity contribution in [1.82, 2.24) is 20.0 Å². The molecule has 160 valence electrons. The minimum Gasteiger partial charge on any atom is -0.497 e. The lowest BCUT2D eigenvalue weighted by molar-refractivity contribution is 0.415. The van der Waals surface area contributed by atoms with Gasteiger partial charge in [-0.15, -0.1) is 10.2 Å². The largest absolute Gasteiger partial charge is 0.497 e. The Balaban J connectivity index is 1.43. The third-order valence-electron chi connectivity index (χ3n) is 5.02. The van der Waals surface area contributed by atoms with Gasteiger partial charge in [-0.2, -0.15) is 5.10 Å². The van der Waals surface area contributed by atoms with Crippen molar-refractivity contribution in [2.24, 2.45) is 0 Å². The number of thioether (sulfide) groups is 1. The molecule has 0 radical (unpaired) electrons. The van der Waals surface area contributed by atoms with Crippen molar-refractivity contribution < 1.29 is 13.6 Å². The third-order valence-corrected chi connectivity index (χ3v) is 5.89. The van der Waals surface area contributed by atoms with Crippen molar-refractivity contribution >= 4 is 11.8 Å². The molecule has 5 rings (SSSR count). The number of rotatable bonds is 7. The number of para-hydroxylation sites is 1. The fraction of sp³-hybridized carbons (Fsp3) is 0.125. The van der Waals surface area contributed by atoms with E-state index in [4.69, 9.17) is 18.7 Å². The molecule has 0 spiro atoms. The molecule has 7 nitrogen and oxygen atoms in total. The van der Waals surface area contributed by atoms with Crippen LogP contribution < -0.4 is 4.74 Å². The Hall–Kier alpha value is -3.78. The van der Waals surface area contributed by atoms with Crippen molar-refractivity contribution in [2.45, 2.75) is 17.9 Å². The van der Waals surface area contributed by atoms with Crippen molar-refractivity contribution in [3.8, 4) is 34.1 Å². The van der Waals surface area contributed by atoms with Crippen LogP contribution in [0.15, 0.2) is 87.2 Å². The van der Waals surface area contributed by atoms with Gasteiger partial charge in [0.2, 0.25) is 0 Å². The minimum absolute atomic E-state index is 0.453. The monoisotopic (exact) mass is 444 g/mol. The summed E-state index contributed by atoms with van der Waals surface area (Å²) in [6, 6.07) is 19.8. The molecular formula is C24H20N4O3S. The lowest BCUT2D eigenvalue weighted by Crippen LogP contribution is -1.94. The summed E-state index contributed by atoms with van der Waals surface area (Å²) in [7, 11) is 1.66. The number of hydrogen-bond donors (Lipinski definition) is 0. The number of methoxy groups -OCH3 is 1. The summed E-state index contributed by atoms with van der Waals surface area (Å²) in [5.41, 5.74) is 4.77. The number of nitrogens with zero attached hydrogens (tertiary/aromatic N) is 4. The zero-order valence-electron chi connectivity index (χ0n) is 17.6. The second-order valence-corrected chi connectivity index (χ2v) is 7.99. The van der Waals surface area contributed by atoms with E-state index in [0.29, 0.717) is 16.9 Å². The first kappa shape index (κ1) is 20.1. The lowest BCUT2D eigenvalue weighted by atomic mass is 10.1. The van der Waals surface area contributed by atoms with Gasteiger partial charge in [-0.05, 0) is 49.4 Å². The fourth-order valence-electron chi connectivity index (χ4n) is 3.34. The molecule has 3 aromatic heterocycles. The maximum Gasteiger partial charge on any atom is 0.277 e. The van der Waals surface area contributed by atoms with Crippen LogP contribution in [0.5, 0.6) is 5.75 Å². The van der Waals surface area contributed by atoms with E-state index in [0.717, 1.165) is 39.6 Å². The van der Waals surface area contributed by atoms with Crippen molar-refractivity contribution in [2.75, 3.05) is 7.11 Å². The Morgan fingerprint density at radius 2 is 1.81 bits per heavy atom. The second-order valence-electron chi connectivity index (χ2n) is 7.06. The van der Waals surface area contributed by atoms with Gasteiger partial charge >= 0.3 is 0 Å². The van der Waals surface area contributed by atoms with Gasteiger partial charge < -0.3 is 13.6 Å². The summed E-state index contributed by atoms with van der Waals surface area (Å²) in [5.74, 6) is 2.63. The molecule has 8 heteroatoms. The Bertz CT molecular complexity index is 1320. The van der Waals surface area contributed by atoms with E-state index in [1.165, 1.54) is 11.8 Å². The highest BCUT2D eigenvalue weighted by Gasteiger charge is 2.17. The van der Waals surface area contributed by atoms with Crippen LogP contribution in [0, 0.1) is 6.92 Å². The van der Waals surface area contributed by atoms with Crippen LogP contribution in [0.3, 0.4) is 0 Å². The Kier molecular flexibility index (Phi) is 5.51. The van der Waals surface area contributed by atoms with Crippen LogP contribution >= 0.6 is 11.8 Å². The molecule has 0 atom stereocenters. The van der Waals surface area contributed by atoms with E-state index >= 15 is 0 Å². The van der Waals surface area contributed by atoms with E-state index < -0.39 is 0 Å². The number of hydrogen-bond acceptors (Lipinski definition) is 7. The average molecular weight is 445 g/mol. The number of aromatic nitrogens is 4. The van der Waals surface area contributed by atoms with Crippen LogP contribution in [-0.2, 0) is 5.75 Å². The molecule has 2 aromatic carbocycles. The maximum absolute atomic E-state index is 5.83. The zero-order valence-corrected chi connectivity index (χ0v) is 18.4. The van der Waals surface area contributed by atoms with Crippen LogP contribution in [-0.4, -0.2) is 27.1 Å². The number of benzene rings is 2. The molecule has 0 aliphatic heterocycles. The summed E-state index contributed by atoms with van der Waals surface area (Å²) in [6.45, 7) is 1.87. The first-order valence-corrected chi connectivity index (χ1v) is 11.0. The molecule has 32 heavy (non-hydrogen) atoms. The molecule has 0 saturated carbocycles. The molecule has 0 unspecified atom stereocenters. The topological polar surface area (TPSA) is 79.1 Å². The predicted molar refractivity (Wildman–Crippen MR) is 122 cm³/mol. The average Bonchev–Trinajstić information content (AvgIpc) is 3.58. The summed E-state index contributed by atoms with van der Waals surface area (Å²) in [4.78, 5) is 0. The zero-order chi connectivity index (χ0) is 21.9. The van der Waals surface area contributed by atoms with Crippen molar-refractivity contribution in [3.63, 3.8) is 0 Å². The molecule has 0 N–H and O–H groups in total. The molecule has 5 aromatic rings. The first-order valence-electron chi connectivity index (χ1n) is 10.0. The predicted octanol–water partition coefficient (Wildman–Crippen LogP) is 5.79. The van der Waals surface area contributed by atoms with E-state index in [1.54, 1.807) is 13.4 Å². The lowest BCUT2D eigenvalue weighted by Gasteiger charge is -2.03. The first-order chi connectivity index (χ1) is 15.7. The van der Waals surface area contributed by atoms with Crippen LogP contribution in [0.2, 0.25) is 0 Å². The fourth-order valence-corrected chi connectivity index (χ4v) is 4.07. The van der Waals surface area contributed by atoms with Gasteiger partial charge in [-0.25, -0.2) is 4.68 Å². The highest BCUT2D eigenvalue weighted by Crippen LogP contribution is 2.32. The summed E-state index contributed by atoms with van der Waals surface area (Å²) in [5, 5.41) is 13.7. The molecule has 0 aliphatic carbocycles. The summed E-state index contributed by atoms with van der Waals surface area (Å²) >= 11 is 1.47. The van der Waals surface area contributed by atoms with Crippen molar-refractivity contribution in [1.29, 1.82) is 0 Å².